The number of benzene rings is 1. The van der Waals surface area contributed by atoms with Gasteiger partial charge in [0.25, 0.3) is 5.91 Å². The molecule has 1 unspecified atom stereocenters. The average Bonchev–Trinajstić information content (AvgIpc) is 2.98. The molecule has 1 heterocycles. The van der Waals surface area contributed by atoms with Crippen molar-refractivity contribution in [2.75, 3.05) is 19.6 Å². The van der Waals surface area contributed by atoms with Gasteiger partial charge < -0.3 is 15.5 Å². The van der Waals surface area contributed by atoms with E-state index in [1.54, 1.807) is 0 Å². The van der Waals surface area contributed by atoms with Gasteiger partial charge in [-0.3, -0.25) is 4.79 Å². The lowest BCUT2D eigenvalue weighted by Gasteiger charge is -2.23. The van der Waals surface area contributed by atoms with Crippen LogP contribution in [0.5, 0.6) is 0 Å². The number of hydrogen-bond acceptors (Lipinski definition) is 2. The normalized spacial score (nSPS) is 17.9. The predicted octanol–water partition coefficient (Wildman–Crippen LogP) is 3.41. The molecule has 0 radical (unpaired) electrons. The summed E-state index contributed by atoms with van der Waals surface area (Å²) in [4.78, 5) is 19.5. The highest BCUT2D eigenvalue weighted by molar-refractivity contribution is 5.94. The fourth-order valence-electron chi connectivity index (χ4n) is 3.11. The second-order valence-corrected chi connectivity index (χ2v) is 7.99. The van der Waals surface area contributed by atoms with Gasteiger partial charge in [-0.1, -0.05) is 32.9 Å². The van der Waals surface area contributed by atoms with Gasteiger partial charge in [-0.2, -0.15) is 0 Å². The molecule has 26 heavy (non-hydrogen) atoms. The minimum atomic E-state index is -0.0154. The van der Waals surface area contributed by atoms with Crippen molar-refractivity contribution in [3.05, 3.63) is 35.4 Å². The fourth-order valence-corrected chi connectivity index (χ4v) is 3.11. The van der Waals surface area contributed by atoms with Crippen LogP contribution in [0.15, 0.2) is 29.3 Å². The molecule has 1 fully saturated rings. The number of nitrogens with one attached hydrogen (secondary N) is 2. The number of carbonyl (C=O) groups is 1. The van der Waals surface area contributed by atoms with Crippen LogP contribution in [0, 0.1) is 5.41 Å². The molecule has 5 nitrogen and oxygen atoms in total. The summed E-state index contributed by atoms with van der Waals surface area (Å²) in [6.45, 7) is 14.3. The summed E-state index contributed by atoms with van der Waals surface area (Å²) in [5.41, 5.74) is 2.09. The minimum absolute atomic E-state index is 0.0154. The van der Waals surface area contributed by atoms with Gasteiger partial charge in [-0.05, 0) is 49.8 Å². The third kappa shape index (κ3) is 5.75. The molecule has 0 bridgehead atoms. The second kappa shape index (κ2) is 9.06. The Morgan fingerprint density at radius 3 is 2.73 bits per heavy atom. The highest BCUT2D eigenvalue weighted by Gasteiger charge is 2.30. The van der Waals surface area contributed by atoms with E-state index in [9.17, 15) is 4.79 Å². The molecule has 0 aromatic heterocycles. The maximum absolute atomic E-state index is 12.3. The quantitative estimate of drug-likeness (QED) is 0.605. The van der Waals surface area contributed by atoms with Crippen molar-refractivity contribution in [3.63, 3.8) is 0 Å². The van der Waals surface area contributed by atoms with Gasteiger partial charge in [0.2, 0.25) is 0 Å². The van der Waals surface area contributed by atoms with E-state index >= 15 is 0 Å². The number of amides is 1. The van der Waals surface area contributed by atoms with Crippen molar-refractivity contribution in [3.8, 4) is 0 Å². The molecular weight excluding hydrogens is 324 g/mol. The van der Waals surface area contributed by atoms with Gasteiger partial charge in [0.1, 0.15) is 0 Å². The molecule has 1 atom stereocenters. The smallest absolute Gasteiger partial charge is 0.251 e. The molecule has 144 valence electrons. The van der Waals surface area contributed by atoms with Gasteiger partial charge >= 0.3 is 0 Å². The van der Waals surface area contributed by atoms with Gasteiger partial charge in [0.05, 0.1) is 6.54 Å². The largest absolute Gasteiger partial charge is 0.357 e. The lowest BCUT2D eigenvalue weighted by Crippen LogP contribution is -2.40. The van der Waals surface area contributed by atoms with E-state index in [1.165, 1.54) is 6.42 Å². The summed E-state index contributed by atoms with van der Waals surface area (Å²) in [5.74, 6) is 0.950. The van der Waals surface area contributed by atoms with Crippen molar-refractivity contribution in [1.29, 1.82) is 0 Å². The van der Waals surface area contributed by atoms with Crippen LogP contribution >= 0.6 is 0 Å². The van der Waals surface area contributed by atoms with E-state index in [0.717, 1.165) is 37.6 Å². The number of guanidine groups is 1. The Labute approximate surface area is 158 Å². The van der Waals surface area contributed by atoms with Crippen LogP contribution < -0.4 is 10.6 Å². The maximum atomic E-state index is 12.3. The van der Waals surface area contributed by atoms with Crippen molar-refractivity contribution < 1.29 is 4.79 Å². The Kier molecular flexibility index (Phi) is 7.06. The van der Waals surface area contributed by atoms with Crippen LogP contribution in [-0.4, -0.2) is 42.4 Å². The summed E-state index contributed by atoms with van der Waals surface area (Å²) in [5, 5.41) is 6.42. The molecule has 1 aliphatic heterocycles. The fraction of sp³-hybridized carbons (Fsp3) is 0.619. The zero-order chi connectivity index (χ0) is 19.2. The standard InChI is InChI=1S/C21H34N4O/c1-6-16(3)24-19(26)18-10-8-9-17(13-18)14-23-20(22-7-2)25-12-11-21(4,5)15-25/h8-10,13,16H,6-7,11-12,14-15H2,1-5H3,(H,22,23)(H,24,26). The number of hydrogen-bond donors (Lipinski definition) is 2. The average molecular weight is 359 g/mol. The van der Waals surface area contributed by atoms with Gasteiger partial charge in [-0.25, -0.2) is 4.99 Å². The van der Waals surface area contributed by atoms with Crippen molar-refractivity contribution in [2.24, 2.45) is 10.4 Å². The predicted molar refractivity (Wildman–Crippen MR) is 108 cm³/mol. The van der Waals surface area contributed by atoms with Gasteiger partial charge in [0.15, 0.2) is 5.96 Å². The Bertz CT molecular complexity index is 639. The first kappa shape index (κ1) is 20.3. The second-order valence-electron chi connectivity index (χ2n) is 7.99. The Balaban J connectivity index is 2.07. The Morgan fingerprint density at radius 1 is 1.35 bits per heavy atom. The molecule has 2 rings (SSSR count). The minimum Gasteiger partial charge on any atom is -0.357 e. The molecule has 0 saturated carbocycles. The van der Waals surface area contributed by atoms with Crippen LogP contribution in [0.1, 0.15) is 63.4 Å². The van der Waals surface area contributed by atoms with E-state index in [2.05, 4.69) is 43.2 Å². The lowest BCUT2D eigenvalue weighted by molar-refractivity contribution is 0.0939. The molecule has 1 aliphatic rings. The zero-order valence-electron chi connectivity index (χ0n) is 16.9. The topological polar surface area (TPSA) is 56.7 Å². The monoisotopic (exact) mass is 358 g/mol. The number of nitrogens with zero attached hydrogens (tertiary/aromatic N) is 2. The first-order chi connectivity index (χ1) is 12.3. The third-order valence-corrected chi connectivity index (χ3v) is 4.90. The molecule has 2 N–H and O–H groups in total. The molecule has 1 saturated heterocycles. The van der Waals surface area contributed by atoms with E-state index in [0.29, 0.717) is 17.5 Å². The van der Waals surface area contributed by atoms with E-state index in [4.69, 9.17) is 4.99 Å². The summed E-state index contributed by atoms with van der Waals surface area (Å²) in [7, 11) is 0. The molecule has 1 aromatic carbocycles. The lowest BCUT2D eigenvalue weighted by atomic mass is 9.93. The number of rotatable bonds is 6. The van der Waals surface area contributed by atoms with E-state index in [1.807, 2.05) is 31.2 Å². The number of aliphatic imine (C=N–C) groups is 1. The SMILES string of the molecule is CCNC(=NCc1cccc(C(=O)NC(C)CC)c1)N1CCC(C)(C)C1. The highest BCUT2D eigenvalue weighted by atomic mass is 16.1. The summed E-state index contributed by atoms with van der Waals surface area (Å²) < 4.78 is 0. The molecule has 0 aliphatic carbocycles. The third-order valence-electron chi connectivity index (χ3n) is 4.90. The van der Waals surface area contributed by atoms with Crippen LogP contribution in [0.4, 0.5) is 0 Å². The van der Waals surface area contributed by atoms with Crippen molar-refractivity contribution in [1.82, 2.24) is 15.5 Å². The van der Waals surface area contributed by atoms with Crippen LogP contribution in [-0.2, 0) is 6.54 Å². The van der Waals surface area contributed by atoms with E-state index < -0.39 is 0 Å². The summed E-state index contributed by atoms with van der Waals surface area (Å²) in [6, 6.07) is 7.95. The first-order valence-electron chi connectivity index (χ1n) is 9.77. The summed E-state index contributed by atoms with van der Waals surface area (Å²) >= 11 is 0. The van der Waals surface area contributed by atoms with Crippen LogP contribution in [0.25, 0.3) is 0 Å². The molecule has 1 amide bonds. The van der Waals surface area contributed by atoms with Gasteiger partial charge in [-0.15, -0.1) is 0 Å². The zero-order valence-corrected chi connectivity index (χ0v) is 16.9. The van der Waals surface area contributed by atoms with Crippen LogP contribution in [0.3, 0.4) is 0 Å². The number of likely N-dealkylation sites (tertiary alicyclic amines) is 1. The molecule has 5 heteroatoms. The first-order valence-corrected chi connectivity index (χ1v) is 9.77. The van der Waals surface area contributed by atoms with Crippen molar-refractivity contribution in [2.45, 2.75) is 60.0 Å². The summed E-state index contributed by atoms with van der Waals surface area (Å²) in [6.07, 6.45) is 2.11. The molecule has 1 aromatic rings. The maximum Gasteiger partial charge on any atom is 0.251 e. The van der Waals surface area contributed by atoms with E-state index in [-0.39, 0.29) is 11.9 Å². The Morgan fingerprint density at radius 2 is 2.12 bits per heavy atom. The Hall–Kier alpha value is -2.04. The molecule has 0 spiro atoms. The molecular formula is C21H34N4O. The van der Waals surface area contributed by atoms with Crippen molar-refractivity contribution >= 4 is 11.9 Å². The number of carbonyl (C=O) groups excluding carboxylic acids is 1. The van der Waals surface area contributed by atoms with Gasteiger partial charge in [0, 0.05) is 31.2 Å². The van der Waals surface area contributed by atoms with Crippen LogP contribution in [0.2, 0.25) is 0 Å². The highest BCUT2D eigenvalue weighted by Crippen LogP contribution is 2.28.